The molecule has 0 aromatic rings. The molecule has 11 heavy (non-hydrogen) atoms. The Hall–Kier alpha value is 0.790. The van der Waals surface area contributed by atoms with Crippen LogP contribution < -0.4 is 0 Å². The fraction of sp³-hybridized carbons (Fsp3) is 1.00. The summed E-state index contributed by atoms with van der Waals surface area (Å²) in [6, 6.07) is 0. The van der Waals surface area contributed by atoms with E-state index in [-0.39, 0.29) is 4.93 Å². The molecule has 2 aliphatic rings. The first-order chi connectivity index (χ1) is 5.33. The molecule has 2 atom stereocenters. The molecule has 2 rings (SSSR count). The molecule has 1 saturated heterocycles. The van der Waals surface area contributed by atoms with Crippen LogP contribution in [0.15, 0.2) is 0 Å². The van der Waals surface area contributed by atoms with Crippen molar-refractivity contribution in [3.8, 4) is 0 Å². The lowest BCUT2D eigenvalue weighted by Gasteiger charge is -2.36. The Kier molecular flexibility index (Phi) is 2.49. The quantitative estimate of drug-likeness (QED) is 0.599. The average molecular weight is 237 g/mol. The zero-order valence-electron chi connectivity index (χ0n) is 6.51. The van der Waals surface area contributed by atoms with Crippen molar-refractivity contribution in [1.82, 2.24) is 0 Å². The normalized spacial score (nSPS) is 45.0. The van der Waals surface area contributed by atoms with Crippen LogP contribution in [0.3, 0.4) is 0 Å². The van der Waals surface area contributed by atoms with Gasteiger partial charge in [-0.05, 0) is 19.3 Å². The maximum atomic E-state index is 5.81. The Morgan fingerprint density at radius 3 is 3.00 bits per heavy atom. The molecule has 1 aliphatic heterocycles. The van der Waals surface area contributed by atoms with E-state index >= 15 is 0 Å². The molecular formula is C8H13BrOS. The number of hydrogen-bond acceptors (Lipinski definition) is 2. The summed E-state index contributed by atoms with van der Waals surface area (Å²) >= 11 is 5.73. The molecule has 2 unspecified atom stereocenters. The summed E-state index contributed by atoms with van der Waals surface area (Å²) in [5.74, 6) is 1.18. The SMILES string of the molecule is BrC1CCCCC12OCCS2. The number of alkyl halides is 1. The second kappa shape index (κ2) is 3.27. The summed E-state index contributed by atoms with van der Waals surface area (Å²) in [6.07, 6.45) is 5.23. The molecule has 0 aromatic carbocycles. The van der Waals surface area contributed by atoms with E-state index in [1.807, 2.05) is 11.8 Å². The van der Waals surface area contributed by atoms with E-state index in [4.69, 9.17) is 4.74 Å². The predicted octanol–water partition coefficient (Wildman–Crippen LogP) is 2.78. The van der Waals surface area contributed by atoms with Crippen LogP contribution in [0.2, 0.25) is 0 Å². The summed E-state index contributed by atoms with van der Waals surface area (Å²) in [7, 11) is 0. The molecule has 1 spiro atoms. The van der Waals surface area contributed by atoms with E-state index < -0.39 is 0 Å². The lowest BCUT2D eigenvalue weighted by molar-refractivity contribution is 0.0306. The van der Waals surface area contributed by atoms with Crippen LogP contribution in [0, 0.1) is 0 Å². The van der Waals surface area contributed by atoms with Crippen LogP contribution >= 0.6 is 27.7 Å². The third kappa shape index (κ3) is 1.47. The van der Waals surface area contributed by atoms with Gasteiger partial charge < -0.3 is 4.74 Å². The molecule has 1 heterocycles. The Morgan fingerprint density at radius 1 is 1.45 bits per heavy atom. The zero-order chi connectivity index (χ0) is 7.73. The molecular weight excluding hydrogens is 224 g/mol. The molecule has 0 bridgehead atoms. The van der Waals surface area contributed by atoms with E-state index in [1.54, 1.807) is 0 Å². The maximum Gasteiger partial charge on any atom is 0.126 e. The lowest BCUT2D eigenvalue weighted by Crippen LogP contribution is -2.37. The van der Waals surface area contributed by atoms with Crippen molar-refractivity contribution >= 4 is 27.7 Å². The minimum atomic E-state index is 0.165. The molecule has 0 amide bonds. The predicted molar refractivity (Wildman–Crippen MR) is 52.3 cm³/mol. The van der Waals surface area contributed by atoms with Gasteiger partial charge in [0.25, 0.3) is 0 Å². The maximum absolute atomic E-state index is 5.81. The first-order valence-electron chi connectivity index (χ1n) is 4.25. The van der Waals surface area contributed by atoms with Crippen molar-refractivity contribution in [2.45, 2.75) is 35.4 Å². The fourth-order valence-electron chi connectivity index (χ4n) is 1.87. The molecule has 2 fully saturated rings. The smallest absolute Gasteiger partial charge is 0.126 e. The van der Waals surface area contributed by atoms with E-state index in [0.717, 1.165) is 6.61 Å². The second-order valence-corrected chi connectivity index (χ2v) is 5.72. The molecule has 1 saturated carbocycles. The third-order valence-electron chi connectivity index (χ3n) is 2.49. The van der Waals surface area contributed by atoms with Gasteiger partial charge in [-0.3, -0.25) is 0 Å². The van der Waals surface area contributed by atoms with Gasteiger partial charge in [-0.2, -0.15) is 0 Å². The highest BCUT2D eigenvalue weighted by atomic mass is 79.9. The largest absolute Gasteiger partial charge is 0.362 e. The fourth-order valence-corrected chi connectivity index (χ4v) is 4.21. The van der Waals surface area contributed by atoms with Gasteiger partial charge >= 0.3 is 0 Å². The van der Waals surface area contributed by atoms with Crippen molar-refractivity contribution in [3.63, 3.8) is 0 Å². The van der Waals surface area contributed by atoms with Crippen LogP contribution in [-0.2, 0) is 4.74 Å². The van der Waals surface area contributed by atoms with Gasteiger partial charge in [0.2, 0.25) is 0 Å². The van der Waals surface area contributed by atoms with E-state index in [2.05, 4.69) is 15.9 Å². The average Bonchev–Trinajstić information content (AvgIpc) is 2.46. The third-order valence-corrected chi connectivity index (χ3v) is 5.45. The summed E-state index contributed by atoms with van der Waals surface area (Å²) in [5, 5.41) is 0. The van der Waals surface area contributed by atoms with Crippen molar-refractivity contribution < 1.29 is 4.74 Å². The van der Waals surface area contributed by atoms with Gasteiger partial charge in [0.15, 0.2) is 0 Å². The Balaban J connectivity index is 2.07. The van der Waals surface area contributed by atoms with Crippen LogP contribution in [-0.4, -0.2) is 22.1 Å². The van der Waals surface area contributed by atoms with E-state index in [0.29, 0.717) is 4.83 Å². The van der Waals surface area contributed by atoms with Crippen molar-refractivity contribution in [2.24, 2.45) is 0 Å². The Labute approximate surface area is 80.4 Å². The molecule has 64 valence electrons. The second-order valence-electron chi connectivity index (χ2n) is 3.22. The number of ether oxygens (including phenoxy) is 1. The first kappa shape index (κ1) is 8.39. The topological polar surface area (TPSA) is 9.23 Å². The summed E-state index contributed by atoms with van der Waals surface area (Å²) < 4.78 is 5.81. The standard InChI is InChI=1S/C8H13BrOS/c9-7-3-1-2-4-8(7)10-5-6-11-8/h7H,1-6H2. The molecule has 1 nitrogen and oxygen atoms in total. The van der Waals surface area contributed by atoms with Gasteiger partial charge in [-0.1, -0.05) is 22.4 Å². The van der Waals surface area contributed by atoms with E-state index in [9.17, 15) is 0 Å². The van der Waals surface area contributed by atoms with E-state index in [1.165, 1.54) is 31.4 Å². The highest BCUT2D eigenvalue weighted by Gasteiger charge is 2.43. The minimum absolute atomic E-state index is 0.165. The van der Waals surface area contributed by atoms with Crippen LogP contribution in [0.4, 0.5) is 0 Å². The van der Waals surface area contributed by atoms with Gasteiger partial charge in [-0.25, -0.2) is 0 Å². The zero-order valence-corrected chi connectivity index (χ0v) is 8.92. The Bertz CT molecular complexity index is 145. The van der Waals surface area contributed by atoms with Gasteiger partial charge in [0.05, 0.1) is 11.4 Å². The minimum Gasteiger partial charge on any atom is -0.362 e. The summed E-state index contributed by atoms with van der Waals surface area (Å²) in [5.41, 5.74) is 0. The number of halogens is 1. The highest BCUT2D eigenvalue weighted by Crippen LogP contribution is 2.47. The molecule has 0 aromatic heterocycles. The summed E-state index contributed by atoms with van der Waals surface area (Å²) in [4.78, 5) is 0.759. The van der Waals surface area contributed by atoms with Gasteiger partial charge in [0.1, 0.15) is 4.93 Å². The first-order valence-corrected chi connectivity index (χ1v) is 6.16. The monoisotopic (exact) mass is 236 g/mol. The highest BCUT2D eigenvalue weighted by molar-refractivity contribution is 9.09. The number of thioether (sulfide) groups is 1. The van der Waals surface area contributed by atoms with Crippen LogP contribution in [0.5, 0.6) is 0 Å². The Morgan fingerprint density at radius 2 is 2.36 bits per heavy atom. The molecule has 3 heteroatoms. The van der Waals surface area contributed by atoms with Crippen LogP contribution in [0.25, 0.3) is 0 Å². The number of rotatable bonds is 0. The van der Waals surface area contributed by atoms with Gasteiger partial charge in [-0.15, -0.1) is 11.8 Å². The molecule has 1 aliphatic carbocycles. The van der Waals surface area contributed by atoms with Crippen molar-refractivity contribution in [1.29, 1.82) is 0 Å². The van der Waals surface area contributed by atoms with Gasteiger partial charge in [0, 0.05) is 5.75 Å². The molecule has 0 radical (unpaired) electrons. The van der Waals surface area contributed by atoms with Crippen molar-refractivity contribution in [3.05, 3.63) is 0 Å². The summed E-state index contributed by atoms with van der Waals surface area (Å²) in [6.45, 7) is 0.951. The van der Waals surface area contributed by atoms with Crippen molar-refractivity contribution in [2.75, 3.05) is 12.4 Å². The molecule has 0 N–H and O–H groups in total. The van der Waals surface area contributed by atoms with Crippen LogP contribution in [0.1, 0.15) is 25.7 Å². The number of hydrogen-bond donors (Lipinski definition) is 0. The lowest BCUT2D eigenvalue weighted by atomic mass is 9.97.